The van der Waals surface area contributed by atoms with Crippen LogP contribution in [0.5, 0.6) is 5.88 Å². The summed E-state index contributed by atoms with van der Waals surface area (Å²) < 4.78 is 7.19. The van der Waals surface area contributed by atoms with E-state index in [1.807, 2.05) is 14.0 Å². The van der Waals surface area contributed by atoms with Crippen molar-refractivity contribution in [3.8, 4) is 5.88 Å². The van der Waals surface area contributed by atoms with E-state index in [2.05, 4.69) is 31.2 Å². The molecule has 1 aromatic rings. The molecule has 0 bridgehead atoms. The van der Waals surface area contributed by atoms with Crippen LogP contribution < -0.4 is 10.1 Å². The molecule has 0 aliphatic rings. The number of hydrogen-bond donors (Lipinski definition) is 1. The Morgan fingerprint density at radius 3 is 2.61 bits per heavy atom. The normalized spacial score (nSPS) is 14.6. The molecule has 18 heavy (non-hydrogen) atoms. The van der Waals surface area contributed by atoms with E-state index in [4.69, 9.17) is 4.74 Å². The Hall–Kier alpha value is -1.03. The maximum absolute atomic E-state index is 5.39. The highest BCUT2D eigenvalue weighted by Crippen LogP contribution is 2.21. The Morgan fingerprint density at radius 1 is 1.39 bits per heavy atom. The zero-order chi connectivity index (χ0) is 13.7. The lowest BCUT2D eigenvalue weighted by atomic mass is 10.0. The van der Waals surface area contributed by atoms with Crippen molar-refractivity contribution in [2.24, 2.45) is 13.0 Å². The summed E-state index contributed by atoms with van der Waals surface area (Å²) in [6.45, 7) is 9.63. The molecular formula is C14H27N3O. The molecule has 1 rings (SSSR count). The van der Waals surface area contributed by atoms with Crippen LogP contribution in [0.1, 0.15) is 44.9 Å². The minimum absolute atomic E-state index is 0.518. The predicted molar refractivity (Wildman–Crippen MR) is 74.9 cm³/mol. The van der Waals surface area contributed by atoms with Crippen molar-refractivity contribution in [2.45, 2.75) is 53.1 Å². The second-order valence-electron chi connectivity index (χ2n) is 5.23. The van der Waals surface area contributed by atoms with Gasteiger partial charge in [-0.1, -0.05) is 20.3 Å². The van der Waals surface area contributed by atoms with Crippen molar-refractivity contribution in [1.82, 2.24) is 15.1 Å². The zero-order valence-electron chi connectivity index (χ0n) is 12.6. The van der Waals surface area contributed by atoms with Gasteiger partial charge in [0.25, 0.3) is 0 Å². The van der Waals surface area contributed by atoms with E-state index in [1.165, 1.54) is 12.8 Å². The molecule has 0 aliphatic heterocycles. The van der Waals surface area contributed by atoms with Crippen molar-refractivity contribution in [2.75, 3.05) is 7.11 Å². The molecule has 0 spiro atoms. The summed E-state index contributed by atoms with van der Waals surface area (Å²) >= 11 is 0. The molecule has 4 heteroatoms. The smallest absolute Gasteiger partial charge is 0.216 e. The second kappa shape index (κ2) is 6.78. The van der Waals surface area contributed by atoms with Crippen molar-refractivity contribution in [1.29, 1.82) is 0 Å². The van der Waals surface area contributed by atoms with E-state index >= 15 is 0 Å². The van der Waals surface area contributed by atoms with E-state index in [0.29, 0.717) is 6.04 Å². The minimum Gasteiger partial charge on any atom is -0.481 e. The summed E-state index contributed by atoms with van der Waals surface area (Å²) in [4.78, 5) is 0. The topological polar surface area (TPSA) is 39.1 Å². The van der Waals surface area contributed by atoms with E-state index in [-0.39, 0.29) is 0 Å². The Balaban J connectivity index is 2.58. The van der Waals surface area contributed by atoms with Gasteiger partial charge in [0.1, 0.15) is 0 Å². The van der Waals surface area contributed by atoms with Gasteiger partial charge in [-0.3, -0.25) is 0 Å². The van der Waals surface area contributed by atoms with E-state index in [9.17, 15) is 0 Å². The highest BCUT2D eigenvalue weighted by atomic mass is 16.5. The first-order chi connectivity index (χ1) is 8.49. The van der Waals surface area contributed by atoms with Gasteiger partial charge < -0.3 is 10.1 Å². The number of nitrogens with zero attached hydrogens (tertiary/aromatic N) is 2. The van der Waals surface area contributed by atoms with Crippen molar-refractivity contribution >= 4 is 0 Å². The third-order valence-corrected chi connectivity index (χ3v) is 3.56. The van der Waals surface area contributed by atoms with E-state index in [0.717, 1.165) is 29.6 Å². The Bertz CT molecular complexity index is 373. The summed E-state index contributed by atoms with van der Waals surface area (Å²) in [5.41, 5.74) is 2.20. The van der Waals surface area contributed by atoms with Crippen LogP contribution in [0.25, 0.3) is 0 Å². The Morgan fingerprint density at radius 2 is 2.06 bits per heavy atom. The van der Waals surface area contributed by atoms with Crippen LogP contribution >= 0.6 is 0 Å². The fourth-order valence-electron chi connectivity index (χ4n) is 2.27. The van der Waals surface area contributed by atoms with Gasteiger partial charge in [0.15, 0.2) is 0 Å². The van der Waals surface area contributed by atoms with E-state index in [1.54, 1.807) is 11.8 Å². The van der Waals surface area contributed by atoms with Gasteiger partial charge in [0.05, 0.1) is 18.4 Å². The second-order valence-corrected chi connectivity index (χ2v) is 5.23. The van der Waals surface area contributed by atoms with E-state index < -0.39 is 0 Å². The van der Waals surface area contributed by atoms with Crippen molar-refractivity contribution < 1.29 is 4.74 Å². The van der Waals surface area contributed by atoms with Crippen molar-refractivity contribution in [3.05, 3.63) is 11.3 Å². The Labute approximate surface area is 111 Å². The summed E-state index contributed by atoms with van der Waals surface area (Å²) in [5.74, 6) is 1.63. The predicted octanol–water partition coefficient (Wildman–Crippen LogP) is 2.65. The molecule has 0 amide bonds. The standard InChI is InChI=1S/C14H27N3O/c1-7-10(2)8-11(3)15-9-13-12(4)16-17(5)14(13)18-6/h10-11,15H,7-9H2,1-6H3. The molecule has 0 radical (unpaired) electrons. The molecule has 0 aromatic carbocycles. The summed E-state index contributed by atoms with van der Waals surface area (Å²) in [7, 11) is 3.61. The summed E-state index contributed by atoms with van der Waals surface area (Å²) in [6, 6.07) is 0.518. The lowest BCUT2D eigenvalue weighted by Crippen LogP contribution is -2.27. The van der Waals surface area contributed by atoms with Crippen LogP contribution in [-0.2, 0) is 13.6 Å². The van der Waals surface area contributed by atoms with Gasteiger partial charge in [-0.05, 0) is 26.2 Å². The quantitative estimate of drug-likeness (QED) is 0.812. The van der Waals surface area contributed by atoms with Crippen LogP contribution in [0.15, 0.2) is 0 Å². The number of methoxy groups -OCH3 is 1. The maximum Gasteiger partial charge on any atom is 0.216 e. The first-order valence-electron chi connectivity index (χ1n) is 6.79. The fraction of sp³-hybridized carbons (Fsp3) is 0.786. The van der Waals surface area contributed by atoms with Gasteiger partial charge in [0.2, 0.25) is 5.88 Å². The lowest BCUT2D eigenvalue weighted by molar-refractivity contribution is 0.363. The molecule has 104 valence electrons. The molecule has 0 fully saturated rings. The van der Waals surface area contributed by atoms with Gasteiger partial charge in [-0.25, -0.2) is 4.68 Å². The molecular weight excluding hydrogens is 226 g/mol. The molecule has 2 atom stereocenters. The molecule has 2 unspecified atom stereocenters. The number of rotatable bonds is 7. The first kappa shape index (κ1) is 15.0. The minimum atomic E-state index is 0.518. The molecule has 0 aliphatic carbocycles. The number of ether oxygens (including phenoxy) is 1. The molecule has 0 saturated carbocycles. The van der Waals surface area contributed by atoms with Crippen molar-refractivity contribution in [3.63, 3.8) is 0 Å². The van der Waals surface area contributed by atoms with Gasteiger partial charge in [-0.2, -0.15) is 5.10 Å². The number of aromatic nitrogens is 2. The van der Waals surface area contributed by atoms with Gasteiger partial charge >= 0.3 is 0 Å². The number of nitrogens with one attached hydrogen (secondary N) is 1. The molecule has 4 nitrogen and oxygen atoms in total. The van der Waals surface area contributed by atoms with Crippen LogP contribution in [0, 0.1) is 12.8 Å². The Kier molecular flexibility index (Phi) is 5.66. The monoisotopic (exact) mass is 253 g/mol. The fourth-order valence-corrected chi connectivity index (χ4v) is 2.27. The molecule has 1 heterocycles. The van der Waals surface area contributed by atoms with Gasteiger partial charge in [0, 0.05) is 19.6 Å². The third kappa shape index (κ3) is 3.73. The largest absolute Gasteiger partial charge is 0.481 e. The summed E-state index contributed by atoms with van der Waals surface area (Å²) in [5, 5.41) is 7.95. The van der Waals surface area contributed by atoms with Crippen LogP contribution in [0.3, 0.4) is 0 Å². The zero-order valence-corrected chi connectivity index (χ0v) is 12.6. The first-order valence-corrected chi connectivity index (χ1v) is 6.79. The average Bonchev–Trinajstić information content (AvgIpc) is 2.60. The van der Waals surface area contributed by atoms with Crippen LogP contribution in [0.4, 0.5) is 0 Å². The SMILES string of the molecule is CCC(C)CC(C)NCc1c(C)nn(C)c1OC. The van der Waals surface area contributed by atoms with Crippen LogP contribution in [0.2, 0.25) is 0 Å². The summed E-state index contributed by atoms with van der Waals surface area (Å²) in [6.07, 6.45) is 2.44. The number of hydrogen-bond acceptors (Lipinski definition) is 3. The lowest BCUT2D eigenvalue weighted by Gasteiger charge is -2.17. The van der Waals surface area contributed by atoms with Crippen LogP contribution in [-0.4, -0.2) is 22.9 Å². The highest BCUT2D eigenvalue weighted by Gasteiger charge is 2.15. The maximum atomic E-state index is 5.39. The number of aryl methyl sites for hydroxylation is 2. The van der Waals surface area contributed by atoms with Gasteiger partial charge in [-0.15, -0.1) is 0 Å². The average molecular weight is 253 g/mol. The third-order valence-electron chi connectivity index (χ3n) is 3.56. The molecule has 0 saturated heterocycles. The molecule has 1 N–H and O–H groups in total. The molecule has 1 aromatic heterocycles. The highest BCUT2D eigenvalue weighted by molar-refractivity contribution is 5.30.